The summed E-state index contributed by atoms with van der Waals surface area (Å²) in [5.41, 5.74) is 2.48. The molecule has 0 unspecified atom stereocenters. The molecule has 1 fully saturated rings. The SMILES string of the molecule is O=C(CN1CCC(c2ccn[nH]2)CC1)NCCc1ccccc1. The van der Waals surface area contributed by atoms with Gasteiger partial charge in [0.1, 0.15) is 0 Å². The second-order valence-electron chi connectivity index (χ2n) is 6.15. The third-order valence-electron chi connectivity index (χ3n) is 4.50. The number of amides is 1. The molecule has 1 aliphatic rings. The van der Waals surface area contributed by atoms with Crippen LogP contribution in [0.3, 0.4) is 0 Å². The summed E-state index contributed by atoms with van der Waals surface area (Å²) >= 11 is 0. The number of carbonyl (C=O) groups is 1. The van der Waals surface area contributed by atoms with Crippen molar-refractivity contribution in [1.29, 1.82) is 0 Å². The van der Waals surface area contributed by atoms with Gasteiger partial charge in [0.2, 0.25) is 5.91 Å². The summed E-state index contributed by atoms with van der Waals surface area (Å²) in [4.78, 5) is 14.3. The van der Waals surface area contributed by atoms with Gasteiger partial charge in [-0.05, 0) is 44.0 Å². The number of likely N-dealkylation sites (tertiary alicyclic amines) is 1. The number of aromatic nitrogens is 2. The highest BCUT2D eigenvalue weighted by Gasteiger charge is 2.22. The fraction of sp³-hybridized carbons (Fsp3) is 0.444. The molecule has 2 N–H and O–H groups in total. The molecule has 122 valence electrons. The highest BCUT2D eigenvalue weighted by Crippen LogP contribution is 2.25. The summed E-state index contributed by atoms with van der Waals surface area (Å²) < 4.78 is 0. The normalized spacial score (nSPS) is 16.3. The van der Waals surface area contributed by atoms with Gasteiger partial charge in [0, 0.05) is 24.4 Å². The van der Waals surface area contributed by atoms with Crippen LogP contribution in [0.2, 0.25) is 0 Å². The molecule has 0 saturated carbocycles. The number of rotatable bonds is 6. The molecule has 2 heterocycles. The van der Waals surface area contributed by atoms with Crippen LogP contribution in [0.4, 0.5) is 0 Å². The number of benzene rings is 1. The zero-order valence-electron chi connectivity index (χ0n) is 13.4. The molecule has 0 aliphatic carbocycles. The maximum absolute atomic E-state index is 12.0. The van der Waals surface area contributed by atoms with Crippen LogP contribution in [0, 0.1) is 0 Å². The van der Waals surface area contributed by atoms with E-state index in [4.69, 9.17) is 0 Å². The summed E-state index contributed by atoms with van der Waals surface area (Å²) in [6, 6.07) is 12.3. The number of hydrogen-bond acceptors (Lipinski definition) is 3. The maximum atomic E-state index is 12.0. The van der Waals surface area contributed by atoms with E-state index in [1.807, 2.05) is 24.4 Å². The lowest BCUT2D eigenvalue weighted by molar-refractivity contribution is -0.122. The van der Waals surface area contributed by atoms with Crippen molar-refractivity contribution in [2.45, 2.75) is 25.2 Å². The van der Waals surface area contributed by atoms with E-state index in [1.54, 1.807) is 0 Å². The molecule has 0 atom stereocenters. The lowest BCUT2D eigenvalue weighted by Gasteiger charge is -2.30. The van der Waals surface area contributed by atoms with Gasteiger partial charge in [0.25, 0.3) is 0 Å². The molecule has 1 aliphatic heterocycles. The predicted molar refractivity (Wildman–Crippen MR) is 90.2 cm³/mol. The zero-order valence-corrected chi connectivity index (χ0v) is 13.4. The van der Waals surface area contributed by atoms with Crippen molar-refractivity contribution in [3.05, 3.63) is 53.9 Å². The number of aromatic amines is 1. The second-order valence-corrected chi connectivity index (χ2v) is 6.15. The standard InChI is InChI=1S/C18H24N4O/c23-18(19-10-6-15-4-2-1-3-5-15)14-22-12-8-16(9-13-22)17-7-11-20-21-17/h1-5,7,11,16H,6,8-10,12-14H2,(H,19,23)(H,20,21). The number of piperidine rings is 1. The van der Waals surface area contributed by atoms with Crippen LogP contribution >= 0.6 is 0 Å². The topological polar surface area (TPSA) is 61.0 Å². The number of H-pyrrole nitrogens is 1. The fourth-order valence-electron chi connectivity index (χ4n) is 3.15. The third-order valence-corrected chi connectivity index (χ3v) is 4.50. The summed E-state index contributed by atoms with van der Waals surface area (Å²) in [6.07, 6.45) is 4.86. The highest BCUT2D eigenvalue weighted by atomic mass is 16.2. The van der Waals surface area contributed by atoms with Crippen molar-refractivity contribution in [3.8, 4) is 0 Å². The van der Waals surface area contributed by atoms with Gasteiger partial charge in [-0.15, -0.1) is 0 Å². The minimum absolute atomic E-state index is 0.126. The Labute approximate surface area is 137 Å². The lowest BCUT2D eigenvalue weighted by Crippen LogP contribution is -2.41. The molecule has 0 radical (unpaired) electrons. The van der Waals surface area contributed by atoms with Crippen molar-refractivity contribution in [1.82, 2.24) is 20.4 Å². The monoisotopic (exact) mass is 312 g/mol. The summed E-state index contributed by atoms with van der Waals surface area (Å²) in [6.45, 7) is 3.14. The molecule has 0 bridgehead atoms. The van der Waals surface area contributed by atoms with Crippen LogP contribution < -0.4 is 5.32 Å². The van der Waals surface area contributed by atoms with Gasteiger partial charge < -0.3 is 5.32 Å². The molecule has 1 aromatic heterocycles. The largest absolute Gasteiger partial charge is 0.355 e. The first-order valence-electron chi connectivity index (χ1n) is 8.33. The van der Waals surface area contributed by atoms with Crippen LogP contribution in [-0.4, -0.2) is 47.2 Å². The Balaban J connectivity index is 1.34. The molecule has 5 nitrogen and oxygen atoms in total. The highest BCUT2D eigenvalue weighted by molar-refractivity contribution is 5.78. The smallest absolute Gasteiger partial charge is 0.234 e. The Morgan fingerprint density at radius 2 is 2.00 bits per heavy atom. The molecule has 5 heteroatoms. The van der Waals surface area contributed by atoms with Gasteiger partial charge in [-0.25, -0.2) is 0 Å². The molecule has 1 amide bonds. The Hall–Kier alpha value is -2.14. The van der Waals surface area contributed by atoms with Crippen LogP contribution in [0.25, 0.3) is 0 Å². The molecule has 3 rings (SSSR count). The molecule has 0 spiro atoms. The minimum atomic E-state index is 0.126. The van der Waals surface area contributed by atoms with E-state index in [2.05, 4.69) is 38.6 Å². The van der Waals surface area contributed by atoms with Crippen molar-refractivity contribution < 1.29 is 4.79 Å². The average molecular weight is 312 g/mol. The van der Waals surface area contributed by atoms with E-state index in [9.17, 15) is 4.79 Å². The first-order chi connectivity index (χ1) is 11.3. The van der Waals surface area contributed by atoms with Crippen molar-refractivity contribution >= 4 is 5.91 Å². The van der Waals surface area contributed by atoms with Crippen LogP contribution in [0.1, 0.15) is 30.0 Å². The molecule has 23 heavy (non-hydrogen) atoms. The van der Waals surface area contributed by atoms with E-state index in [0.29, 0.717) is 19.0 Å². The Morgan fingerprint density at radius 1 is 1.22 bits per heavy atom. The Morgan fingerprint density at radius 3 is 2.70 bits per heavy atom. The van der Waals surface area contributed by atoms with E-state index in [0.717, 1.165) is 32.4 Å². The predicted octanol–water partition coefficient (Wildman–Crippen LogP) is 1.95. The van der Waals surface area contributed by atoms with Crippen LogP contribution in [0.5, 0.6) is 0 Å². The molecule has 1 aromatic carbocycles. The molecular weight excluding hydrogens is 288 g/mol. The van der Waals surface area contributed by atoms with E-state index < -0.39 is 0 Å². The first kappa shape index (κ1) is 15.7. The summed E-state index contributed by atoms with van der Waals surface area (Å²) in [7, 11) is 0. The number of hydrogen-bond donors (Lipinski definition) is 2. The lowest BCUT2D eigenvalue weighted by atomic mass is 9.94. The number of carbonyl (C=O) groups excluding carboxylic acids is 1. The van der Waals surface area contributed by atoms with Crippen LogP contribution in [-0.2, 0) is 11.2 Å². The average Bonchev–Trinajstić information content (AvgIpc) is 3.11. The second kappa shape index (κ2) is 7.92. The van der Waals surface area contributed by atoms with E-state index in [1.165, 1.54) is 11.3 Å². The van der Waals surface area contributed by atoms with Crippen LogP contribution in [0.15, 0.2) is 42.6 Å². The third kappa shape index (κ3) is 4.66. The minimum Gasteiger partial charge on any atom is -0.355 e. The van der Waals surface area contributed by atoms with Gasteiger partial charge in [0.15, 0.2) is 0 Å². The van der Waals surface area contributed by atoms with Crippen molar-refractivity contribution in [3.63, 3.8) is 0 Å². The Bertz CT molecular complexity index is 589. The van der Waals surface area contributed by atoms with Gasteiger partial charge >= 0.3 is 0 Å². The van der Waals surface area contributed by atoms with Gasteiger partial charge in [-0.3, -0.25) is 14.8 Å². The zero-order chi connectivity index (χ0) is 15.9. The molecular formula is C18H24N4O. The number of nitrogens with zero attached hydrogens (tertiary/aromatic N) is 2. The van der Waals surface area contributed by atoms with Crippen molar-refractivity contribution in [2.75, 3.05) is 26.2 Å². The fourth-order valence-corrected chi connectivity index (χ4v) is 3.15. The van der Waals surface area contributed by atoms with Gasteiger partial charge in [-0.1, -0.05) is 30.3 Å². The van der Waals surface area contributed by atoms with E-state index in [-0.39, 0.29) is 5.91 Å². The van der Waals surface area contributed by atoms with E-state index >= 15 is 0 Å². The maximum Gasteiger partial charge on any atom is 0.234 e. The summed E-state index contributed by atoms with van der Waals surface area (Å²) in [5, 5.41) is 10.1. The molecule has 2 aromatic rings. The Kier molecular flexibility index (Phi) is 5.42. The first-order valence-corrected chi connectivity index (χ1v) is 8.33. The molecule has 1 saturated heterocycles. The quantitative estimate of drug-likeness (QED) is 0.857. The number of nitrogens with one attached hydrogen (secondary N) is 2. The summed E-state index contributed by atoms with van der Waals surface area (Å²) in [5.74, 6) is 0.677. The van der Waals surface area contributed by atoms with Crippen molar-refractivity contribution in [2.24, 2.45) is 0 Å². The van der Waals surface area contributed by atoms with Gasteiger partial charge in [0.05, 0.1) is 6.54 Å². The van der Waals surface area contributed by atoms with Gasteiger partial charge in [-0.2, -0.15) is 5.10 Å².